The lowest BCUT2D eigenvalue weighted by atomic mass is 9.78. The van der Waals surface area contributed by atoms with E-state index in [9.17, 15) is 27.2 Å². The van der Waals surface area contributed by atoms with Gasteiger partial charge in [-0.1, -0.05) is 30.3 Å². The minimum atomic E-state index is -3.97. The third-order valence-corrected chi connectivity index (χ3v) is 10.3. The van der Waals surface area contributed by atoms with Gasteiger partial charge in [-0.3, -0.25) is 14.4 Å². The van der Waals surface area contributed by atoms with Gasteiger partial charge in [0.2, 0.25) is 11.8 Å². The molecule has 1 aliphatic heterocycles. The fraction of sp³-hybridized carbons (Fsp3) is 0.452. The summed E-state index contributed by atoms with van der Waals surface area (Å²) >= 11 is 0. The number of nitrogens with two attached hydrogens (primary N) is 1. The Bertz CT molecular complexity index is 1620. The van der Waals surface area contributed by atoms with Crippen LogP contribution in [0.4, 0.5) is 10.1 Å². The minimum Gasteiger partial charge on any atom is -0.350 e. The summed E-state index contributed by atoms with van der Waals surface area (Å²) < 4.78 is 40.2. The number of H-pyrrole nitrogens is 1. The Kier molecular flexibility index (Phi) is 9.37. The van der Waals surface area contributed by atoms with Crippen molar-refractivity contribution >= 4 is 44.5 Å². The topological polar surface area (TPSA) is 158 Å². The number of alkyl halides is 1. The normalized spacial score (nSPS) is 23.1. The summed E-state index contributed by atoms with van der Waals surface area (Å²) in [6, 6.07) is 15.0. The van der Waals surface area contributed by atoms with E-state index in [2.05, 4.69) is 10.3 Å². The van der Waals surface area contributed by atoms with E-state index in [1.807, 2.05) is 35.1 Å². The number of hydrogen-bond acceptors (Lipinski definition) is 6. The molecule has 1 saturated carbocycles. The van der Waals surface area contributed by atoms with Crippen LogP contribution in [0.5, 0.6) is 0 Å². The molecule has 2 fully saturated rings. The lowest BCUT2D eigenvalue weighted by molar-refractivity contribution is -0.141. The van der Waals surface area contributed by atoms with Crippen molar-refractivity contribution in [2.24, 2.45) is 17.6 Å². The number of aromatic amines is 1. The van der Waals surface area contributed by atoms with Crippen molar-refractivity contribution in [3.63, 3.8) is 0 Å². The summed E-state index contributed by atoms with van der Waals surface area (Å²) in [5, 5.41) is 3.57. The van der Waals surface area contributed by atoms with Crippen LogP contribution in [-0.4, -0.2) is 79.7 Å². The average Bonchev–Trinajstić information content (AvgIpc) is 3.65. The van der Waals surface area contributed by atoms with Crippen LogP contribution in [-0.2, 0) is 19.8 Å². The second-order valence-corrected chi connectivity index (χ2v) is 13.8. The summed E-state index contributed by atoms with van der Waals surface area (Å²) in [6.45, 7) is -0.122. The maximum absolute atomic E-state index is 13.9. The average molecular weight is 627 g/mol. The molecule has 11 nitrogen and oxygen atoms in total. The van der Waals surface area contributed by atoms with Crippen molar-refractivity contribution in [2.75, 3.05) is 32.6 Å². The van der Waals surface area contributed by atoms with Crippen molar-refractivity contribution in [3.8, 4) is 0 Å². The van der Waals surface area contributed by atoms with Crippen molar-refractivity contribution in [2.45, 2.75) is 50.1 Å². The number of hydrogen-bond donors (Lipinski definition) is 4. The van der Waals surface area contributed by atoms with Gasteiger partial charge in [0.05, 0.1) is 0 Å². The minimum absolute atomic E-state index is 0.0489. The molecule has 5 rings (SSSR count). The fourth-order valence-corrected chi connectivity index (χ4v) is 6.91. The van der Waals surface area contributed by atoms with E-state index < -0.39 is 34.9 Å². The number of carbonyl (C=O) groups is 3. The van der Waals surface area contributed by atoms with Crippen LogP contribution in [0.2, 0.25) is 0 Å². The van der Waals surface area contributed by atoms with Crippen molar-refractivity contribution < 1.29 is 27.2 Å². The van der Waals surface area contributed by atoms with Crippen LogP contribution in [0.15, 0.2) is 54.6 Å². The van der Waals surface area contributed by atoms with E-state index >= 15 is 0 Å². The molecular formula is C31H39FN6O5S. The number of rotatable bonds is 9. The number of fused-ring (bicyclic) bond motifs is 1. The molecule has 3 atom stereocenters. The Balaban J connectivity index is 1.35. The number of anilines is 1. The maximum atomic E-state index is 13.9. The number of nitrogens with one attached hydrogen (secondary N) is 3. The monoisotopic (exact) mass is 626 g/mol. The number of halogens is 1. The van der Waals surface area contributed by atoms with Crippen LogP contribution >= 0.6 is 0 Å². The fourth-order valence-electron chi connectivity index (χ4n) is 6.38. The summed E-state index contributed by atoms with van der Waals surface area (Å²) in [5.74, 6) is -1.55. The third kappa shape index (κ3) is 6.64. The smallest absolute Gasteiger partial charge is 0.303 e. The molecule has 0 spiro atoms. The zero-order valence-corrected chi connectivity index (χ0v) is 25.6. The van der Waals surface area contributed by atoms with Gasteiger partial charge in [-0.25, -0.2) is 9.11 Å². The second kappa shape index (κ2) is 13.0. The first-order valence-corrected chi connectivity index (χ1v) is 16.3. The second-order valence-electron chi connectivity index (χ2n) is 11.9. The number of likely N-dealkylation sites (tertiary alicyclic amines) is 1. The van der Waals surface area contributed by atoms with E-state index in [1.165, 1.54) is 20.2 Å². The van der Waals surface area contributed by atoms with Gasteiger partial charge < -0.3 is 20.9 Å². The first kappa shape index (κ1) is 31.6. The van der Waals surface area contributed by atoms with Gasteiger partial charge in [-0.2, -0.15) is 12.7 Å². The summed E-state index contributed by atoms with van der Waals surface area (Å²) in [6.07, 6.45) is 3.25. The molecule has 44 heavy (non-hydrogen) atoms. The standard InChI is InChI=1S/C31H39FN6O5S/c1-37(2)44(42,43)36-29(39)27-17-22-16-23(12-13-26(22)35-27)34-30(40)28-24(19-6-4-3-5-7-19)14-15-38(28)31(41)21-10-8-20(9-11-21)25(33)18-32/h3-7,12-13,16-17,20-21,24-25,28,35H,8-11,14-15,18,33H2,1-2H3,(H,34,40)(H,36,39)/t20?,21?,24-,25-,28+/m1/s1. The first-order valence-electron chi connectivity index (χ1n) is 14.8. The third-order valence-electron chi connectivity index (χ3n) is 8.92. The largest absolute Gasteiger partial charge is 0.350 e. The molecule has 2 aromatic carbocycles. The van der Waals surface area contributed by atoms with Crippen LogP contribution < -0.4 is 15.8 Å². The first-order chi connectivity index (χ1) is 21.0. The lowest BCUT2D eigenvalue weighted by Crippen LogP contribution is -2.48. The number of carbonyl (C=O) groups excluding carboxylic acids is 3. The molecule has 5 N–H and O–H groups in total. The van der Waals surface area contributed by atoms with E-state index in [0.717, 1.165) is 9.87 Å². The predicted molar refractivity (Wildman–Crippen MR) is 166 cm³/mol. The number of aromatic nitrogens is 1. The number of amides is 3. The van der Waals surface area contributed by atoms with Gasteiger partial charge in [-0.15, -0.1) is 0 Å². The van der Waals surface area contributed by atoms with E-state index in [4.69, 9.17) is 5.73 Å². The molecule has 0 bridgehead atoms. The summed E-state index contributed by atoms with van der Waals surface area (Å²) in [4.78, 5) is 44.9. The zero-order chi connectivity index (χ0) is 31.6. The predicted octanol–water partition coefficient (Wildman–Crippen LogP) is 3.13. The van der Waals surface area contributed by atoms with E-state index in [1.54, 1.807) is 23.1 Å². The van der Waals surface area contributed by atoms with Crippen LogP contribution in [0.1, 0.15) is 54.1 Å². The quantitative estimate of drug-likeness (QED) is 0.286. The van der Waals surface area contributed by atoms with Crippen LogP contribution in [0, 0.1) is 11.8 Å². The van der Waals surface area contributed by atoms with Crippen molar-refractivity contribution in [1.82, 2.24) is 18.9 Å². The summed E-state index contributed by atoms with van der Waals surface area (Å²) in [5.41, 5.74) is 8.00. The Morgan fingerprint density at radius 1 is 1.05 bits per heavy atom. The van der Waals surface area contributed by atoms with E-state index in [-0.39, 0.29) is 35.3 Å². The number of benzene rings is 2. The molecule has 3 aromatic rings. The van der Waals surface area contributed by atoms with E-state index in [0.29, 0.717) is 55.2 Å². The van der Waals surface area contributed by atoms with Gasteiger partial charge in [-0.05, 0) is 67.9 Å². The molecular weight excluding hydrogens is 587 g/mol. The van der Waals surface area contributed by atoms with Gasteiger partial charge in [0.15, 0.2) is 0 Å². The molecule has 2 aliphatic rings. The zero-order valence-electron chi connectivity index (χ0n) is 24.8. The van der Waals surface area contributed by atoms with Gasteiger partial charge in [0.1, 0.15) is 18.4 Å². The Labute approximate surface area is 256 Å². The molecule has 0 radical (unpaired) electrons. The lowest BCUT2D eigenvalue weighted by Gasteiger charge is -2.35. The Morgan fingerprint density at radius 2 is 1.75 bits per heavy atom. The SMILES string of the molecule is CN(C)S(=O)(=O)NC(=O)c1cc2cc(NC(=O)[C@@H]3[C@@H](c4ccccc4)CCN3C(=O)C3CCC([C@H](N)CF)CC3)ccc2[nH]1. The Morgan fingerprint density at radius 3 is 2.41 bits per heavy atom. The van der Waals surface area contributed by atoms with Crippen LogP contribution in [0.3, 0.4) is 0 Å². The Hall–Kier alpha value is -3.81. The van der Waals surface area contributed by atoms with Gasteiger partial charge in [0.25, 0.3) is 5.91 Å². The maximum Gasteiger partial charge on any atom is 0.303 e. The van der Waals surface area contributed by atoms with Gasteiger partial charge in [0, 0.05) is 55.1 Å². The molecule has 1 aromatic heterocycles. The summed E-state index contributed by atoms with van der Waals surface area (Å²) in [7, 11) is -1.35. The molecule has 236 valence electrons. The van der Waals surface area contributed by atoms with Crippen molar-refractivity contribution in [3.05, 3.63) is 65.9 Å². The van der Waals surface area contributed by atoms with Crippen LogP contribution in [0.25, 0.3) is 10.9 Å². The highest BCUT2D eigenvalue weighted by molar-refractivity contribution is 7.87. The molecule has 1 aliphatic carbocycles. The molecule has 0 unspecified atom stereocenters. The highest BCUT2D eigenvalue weighted by Gasteiger charge is 2.44. The molecule has 13 heteroatoms. The molecule has 1 saturated heterocycles. The highest BCUT2D eigenvalue weighted by Crippen LogP contribution is 2.38. The highest BCUT2D eigenvalue weighted by atomic mass is 32.2. The van der Waals surface area contributed by atoms with Gasteiger partial charge >= 0.3 is 10.2 Å². The van der Waals surface area contributed by atoms with Crippen molar-refractivity contribution in [1.29, 1.82) is 0 Å². The number of nitrogens with zero attached hydrogens (tertiary/aromatic N) is 2. The molecule has 3 amide bonds. The molecule has 2 heterocycles.